The number of hydrogen-bond donors (Lipinski definition) is 1. The number of hydrogen-bond acceptors (Lipinski definition) is 5. The summed E-state index contributed by atoms with van der Waals surface area (Å²) >= 11 is 0. The Hall–Kier alpha value is -2.64. The highest BCUT2D eigenvalue weighted by atomic mass is 16.5. The van der Waals surface area contributed by atoms with E-state index in [9.17, 15) is 9.59 Å². The van der Waals surface area contributed by atoms with E-state index in [1.165, 1.54) is 0 Å². The molecule has 1 atom stereocenters. The van der Waals surface area contributed by atoms with Crippen LogP contribution in [0.5, 0.6) is 0 Å². The lowest BCUT2D eigenvalue weighted by molar-refractivity contribution is -0.149. The Morgan fingerprint density at radius 1 is 1.23 bits per heavy atom. The number of ether oxygens (including phenoxy) is 1. The SMILES string of the molecule is CCOC(=O)C1CCC(CNC(=O)N2CCC(n3c(C)nc4cccnc43)C2)CC1. The molecule has 2 aromatic heterocycles. The second kappa shape index (κ2) is 9.02. The number of pyridine rings is 1. The zero-order chi connectivity index (χ0) is 21.1. The maximum atomic E-state index is 12.7. The standard InChI is InChI=1S/C22H31N5O3/c1-3-30-21(28)17-8-6-16(7-9-17)13-24-22(29)26-12-10-18(14-26)27-15(2)25-19-5-4-11-23-20(19)27/h4-5,11,16-18H,3,6-10,12-14H2,1-2H3,(H,24,29). The molecule has 30 heavy (non-hydrogen) atoms. The summed E-state index contributed by atoms with van der Waals surface area (Å²) in [5.41, 5.74) is 1.79. The molecule has 2 fully saturated rings. The van der Waals surface area contributed by atoms with Gasteiger partial charge in [0.25, 0.3) is 0 Å². The average molecular weight is 414 g/mol. The maximum absolute atomic E-state index is 12.7. The molecule has 0 spiro atoms. The van der Waals surface area contributed by atoms with Crippen molar-refractivity contribution in [1.82, 2.24) is 24.8 Å². The van der Waals surface area contributed by atoms with Gasteiger partial charge in [0.1, 0.15) is 11.3 Å². The summed E-state index contributed by atoms with van der Waals surface area (Å²) in [6.45, 7) is 6.36. The first kappa shape index (κ1) is 20.6. The molecule has 8 nitrogen and oxygen atoms in total. The van der Waals surface area contributed by atoms with Crippen LogP contribution >= 0.6 is 0 Å². The average Bonchev–Trinajstić information content (AvgIpc) is 3.36. The second-order valence-corrected chi connectivity index (χ2v) is 8.42. The monoisotopic (exact) mass is 413 g/mol. The van der Waals surface area contributed by atoms with Crippen molar-refractivity contribution in [2.45, 2.75) is 52.0 Å². The lowest BCUT2D eigenvalue weighted by Crippen LogP contribution is -2.41. The summed E-state index contributed by atoms with van der Waals surface area (Å²) in [7, 11) is 0. The normalized spacial score (nSPS) is 24.2. The van der Waals surface area contributed by atoms with Crippen molar-refractivity contribution in [3.8, 4) is 0 Å². The lowest BCUT2D eigenvalue weighted by atomic mass is 9.82. The highest BCUT2D eigenvalue weighted by molar-refractivity contribution is 5.75. The van der Waals surface area contributed by atoms with E-state index >= 15 is 0 Å². The van der Waals surface area contributed by atoms with Gasteiger partial charge in [-0.25, -0.2) is 14.8 Å². The van der Waals surface area contributed by atoms with Crippen molar-refractivity contribution in [2.24, 2.45) is 11.8 Å². The zero-order valence-electron chi connectivity index (χ0n) is 17.8. The molecule has 3 heterocycles. The molecule has 1 aliphatic heterocycles. The molecule has 2 amide bonds. The third kappa shape index (κ3) is 4.27. The van der Waals surface area contributed by atoms with Crippen LogP contribution < -0.4 is 5.32 Å². The van der Waals surface area contributed by atoms with Crippen LogP contribution in [-0.2, 0) is 9.53 Å². The summed E-state index contributed by atoms with van der Waals surface area (Å²) in [5.74, 6) is 1.33. The number of nitrogens with zero attached hydrogens (tertiary/aromatic N) is 4. The van der Waals surface area contributed by atoms with Crippen LogP contribution in [0, 0.1) is 18.8 Å². The molecular formula is C22H31N5O3. The molecule has 1 unspecified atom stereocenters. The summed E-state index contributed by atoms with van der Waals surface area (Å²) in [5, 5.41) is 3.11. The first-order chi connectivity index (χ1) is 14.6. The Morgan fingerprint density at radius 2 is 2.03 bits per heavy atom. The van der Waals surface area contributed by atoms with Crippen LogP contribution in [0.15, 0.2) is 18.3 Å². The number of aryl methyl sites for hydroxylation is 1. The molecule has 2 aliphatic rings. The van der Waals surface area contributed by atoms with E-state index in [0.29, 0.717) is 25.6 Å². The molecular weight excluding hydrogens is 382 g/mol. The van der Waals surface area contributed by atoms with Crippen molar-refractivity contribution >= 4 is 23.2 Å². The minimum Gasteiger partial charge on any atom is -0.466 e. The van der Waals surface area contributed by atoms with Crippen LogP contribution in [0.3, 0.4) is 0 Å². The van der Waals surface area contributed by atoms with Gasteiger partial charge in [0.05, 0.1) is 18.6 Å². The summed E-state index contributed by atoms with van der Waals surface area (Å²) < 4.78 is 7.30. The Labute approximate surface area is 177 Å². The highest BCUT2D eigenvalue weighted by Gasteiger charge is 2.31. The van der Waals surface area contributed by atoms with Gasteiger partial charge in [-0.1, -0.05) is 0 Å². The van der Waals surface area contributed by atoms with Gasteiger partial charge in [0.2, 0.25) is 0 Å². The van der Waals surface area contributed by atoms with Crippen molar-refractivity contribution in [1.29, 1.82) is 0 Å². The van der Waals surface area contributed by atoms with Crippen LogP contribution in [0.1, 0.15) is 50.9 Å². The van der Waals surface area contributed by atoms with E-state index in [1.807, 2.05) is 30.9 Å². The number of fused-ring (bicyclic) bond motifs is 1. The molecule has 1 saturated carbocycles. The van der Waals surface area contributed by atoms with E-state index < -0.39 is 0 Å². The van der Waals surface area contributed by atoms with E-state index in [2.05, 4.69) is 19.9 Å². The number of likely N-dealkylation sites (tertiary alicyclic amines) is 1. The van der Waals surface area contributed by atoms with Crippen LogP contribution in [-0.4, -0.2) is 57.7 Å². The molecule has 0 bridgehead atoms. The van der Waals surface area contributed by atoms with Crippen LogP contribution in [0.2, 0.25) is 0 Å². The third-order valence-electron chi connectivity index (χ3n) is 6.45. The number of aromatic nitrogens is 3. The number of esters is 1. The van der Waals surface area contributed by atoms with Gasteiger partial charge in [-0.15, -0.1) is 0 Å². The van der Waals surface area contributed by atoms with Gasteiger partial charge in [-0.2, -0.15) is 0 Å². The smallest absolute Gasteiger partial charge is 0.317 e. The fourth-order valence-electron chi connectivity index (χ4n) is 4.82. The number of nitrogens with one attached hydrogen (secondary N) is 1. The fourth-order valence-corrected chi connectivity index (χ4v) is 4.82. The molecule has 1 N–H and O–H groups in total. The van der Waals surface area contributed by atoms with Crippen molar-refractivity contribution in [3.63, 3.8) is 0 Å². The zero-order valence-corrected chi connectivity index (χ0v) is 17.8. The van der Waals surface area contributed by atoms with Crippen molar-refractivity contribution in [3.05, 3.63) is 24.2 Å². The number of urea groups is 1. The quantitative estimate of drug-likeness (QED) is 0.761. The maximum Gasteiger partial charge on any atom is 0.317 e. The first-order valence-corrected chi connectivity index (χ1v) is 11.1. The molecule has 0 radical (unpaired) electrons. The molecule has 2 aromatic rings. The highest BCUT2D eigenvalue weighted by Crippen LogP contribution is 2.30. The Morgan fingerprint density at radius 3 is 2.80 bits per heavy atom. The minimum absolute atomic E-state index is 0.0000456. The molecule has 1 saturated heterocycles. The Kier molecular flexibility index (Phi) is 6.20. The van der Waals surface area contributed by atoms with Crippen LogP contribution in [0.4, 0.5) is 4.79 Å². The van der Waals surface area contributed by atoms with E-state index in [0.717, 1.165) is 55.6 Å². The lowest BCUT2D eigenvalue weighted by Gasteiger charge is -2.28. The topological polar surface area (TPSA) is 89.4 Å². The molecule has 4 rings (SSSR count). The largest absolute Gasteiger partial charge is 0.466 e. The van der Waals surface area contributed by atoms with Gasteiger partial charge in [0, 0.05) is 25.8 Å². The van der Waals surface area contributed by atoms with Crippen molar-refractivity contribution in [2.75, 3.05) is 26.2 Å². The number of amides is 2. The number of carbonyl (C=O) groups excluding carboxylic acids is 2. The number of rotatable bonds is 5. The van der Waals surface area contributed by atoms with E-state index in [4.69, 9.17) is 4.74 Å². The van der Waals surface area contributed by atoms with Gasteiger partial charge in [-0.05, 0) is 64.0 Å². The predicted molar refractivity (Wildman–Crippen MR) is 113 cm³/mol. The summed E-state index contributed by atoms with van der Waals surface area (Å²) in [6, 6.07) is 4.08. The minimum atomic E-state index is -0.0695. The molecule has 1 aliphatic carbocycles. The second-order valence-electron chi connectivity index (χ2n) is 8.42. The third-order valence-corrected chi connectivity index (χ3v) is 6.45. The Balaban J connectivity index is 1.27. The summed E-state index contributed by atoms with van der Waals surface area (Å²) in [4.78, 5) is 35.6. The fraction of sp³-hybridized carbons (Fsp3) is 0.636. The number of carbonyl (C=O) groups is 2. The number of imidazole rings is 1. The summed E-state index contributed by atoms with van der Waals surface area (Å²) in [6.07, 6.45) is 6.31. The molecule has 8 heteroatoms. The molecule has 0 aromatic carbocycles. The predicted octanol–water partition coefficient (Wildman–Crippen LogP) is 3.07. The van der Waals surface area contributed by atoms with E-state index in [1.54, 1.807) is 6.20 Å². The van der Waals surface area contributed by atoms with Gasteiger partial charge >= 0.3 is 12.0 Å². The molecule has 162 valence electrons. The van der Waals surface area contributed by atoms with Crippen molar-refractivity contribution < 1.29 is 14.3 Å². The van der Waals surface area contributed by atoms with Gasteiger partial charge in [-0.3, -0.25) is 4.79 Å². The Bertz CT molecular complexity index is 903. The van der Waals surface area contributed by atoms with Crippen LogP contribution in [0.25, 0.3) is 11.2 Å². The van der Waals surface area contributed by atoms with E-state index in [-0.39, 0.29) is 24.0 Å². The van der Waals surface area contributed by atoms with Gasteiger partial charge < -0.3 is 19.5 Å². The van der Waals surface area contributed by atoms with Gasteiger partial charge in [0.15, 0.2) is 5.65 Å². The first-order valence-electron chi connectivity index (χ1n) is 11.1.